The predicted octanol–water partition coefficient (Wildman–Crippen LogP) is 2.91. The number of hydrogen-bond donors (Lipinski definition) is 1. The summed E-state index contributed by atoms with van der Waals surface area (Å²) in [6.07, 6.45) is 1.97. The molecular formula is C23H26N4O6S. The molecule has 1 N–H and O–H groups in total. The van der Waals surface area contributed by atoms with Crippen LogP contribution < -0.4 is 5.32 Å². The molecule has 1 aliphatic heterocycles. The lowest BCUT2D eigenvalue weighted by molar-refractivity contribution is -0.114. The Labute approximate surface area is 197 Å². The Morgan fingerprint density at radius 1 is 1.15 bits per heavy atom. The number of anilines is 1. The average molecular weight is 487 g/mol. The topological polar surface area (TPSA) is 126 Å². The second-order valence-corrected chi connectivity index (χ2v) is 9.93. The molecule has 0 atom stereocenters. The summed E-state index contributed by atoms with van der Waals surface area (Å²) in [4.78, 5) is 25.8. The minimum atomic E-state index is -3.83. The Balaban J connectivity index is 1.61. The second kappa shape index (κ2) is 9.43. The van der Waals surface area contributed by atoms with Crippen molar-refractivity contribution >= 4 is 27.7 Å². The van der Waals surface area contributed by atoms with Crippen LogP contribution in [0.25, 0.3) is 11.1 Å². The van der Waals surface area contributed by atoms with E-state index >= 15 is 0 Å². The molecule has 34 heavy (non-hydrogen) atoms. The molecule has 3 aromatic rings. The van der Waals surface area contributed by atoms with Gasteiger partial charge in [0.1, 0.15) is 0 Å². The molecule has 2 amide bonds. The first-order valence-corrected chi connectivity index (χ1v) is 12.4. The van der Waals surface area contributed by atoms with Gasteiger partial charge in [-0.25, -0.2) is 8.42 Å². The molecule has 3 heterocycles. The maximum Gasteiger partial charge on any atom is 0.289 e. The number of aromatic nitrogens is 1. The van der Waals surface area contributed by atoms with Crippen LogP contribution in [0.5, 0.6) is 0 Å². The molecular weight excluding hydrogens is 460 g/mol. The van der Waals surface area contributed by atoms with Crippen LogP contribution in [0, 0.1) is 6.92 Å². The third kappa shape index (κ3) is 4.48. The number of nitrogens with zero attached hydrogens (tertiary/aromatic N) is 3. The molecule has 1 aliphatic rings. The molecule has 0 bridgehead atoms. The highest BCUT2D eigenvalue weighted by molar-refractivity contribution is 7.89. The first kappa shape index (κ1) is 23.7. The van der Waals surface area contributed by atoms with Crippen molar-refractivity contribution in [2.75, 3.05) is 31.5 Å². The number of amides is 2. The normalized spacial score (nSPS) is 14.9. The van der Waals surface area contributed by atoms with Crippen molar-refractivity contribution in [2.45, 2.75) is 32.1 Å². The summed E-state index contributed by atoms with van der Waals surface area (Å²) >= 11 is 0. The van der Waals surface area contributed by atoms with E-state index in [-0.39, 0.29) is 54.5 Å². The zero-order valence-corrected chi connectivity index (χ0v) is 20.0. The fraction of sp³-hybridized carbons (Fsp3) is 0.348. The third-order valence-electron chi connectivity index (χ3n) is 5.74. The average Bonchev–Trinajstić information content (AvgIpc) is 3.49. The van der Waals surface area contributed by atoms with Crippen molar-refractivity contribution < 1.29 is 26.9 Å². The lowest BCUT2D eigenvalue weighted by Crippen LogP contribution is -2.50. The molecule has 1 aromatic carbocycles. The van der Waals surface area contributed by atoms with Gasteiger partial charge in [0.05, 0.1) is 22.4 Å². The van der Waals surface area contributed by atoms with Crippen molar-refractivity contribution in [2.24, 2.45) is 0 Å². The largest absolute Gasteiger partial charge is 0.459 e. The first-order chi connectivity index (χ1) is 16.2. The summed E-state index contributed by atoms with van der Waals surface area (Å²) in [7, 11) is -3.83. The van der Waals surface area contributed by atoms with E-state index in [1.54, 1.807) is 42.2 Å². The van der Waals surface area contributed by atoms with E-state index in [9.17, 15) is 18.0 Å². The van der Waals surface area contributed by atoms with Crippen LogP contribution in [-0.4, -0.2) is 60.8 Å². The first-order valence-electron chi connectivity index (χ1n) is 10.9. The Morgan fingerprint density at radius 3 is 2.50 bits per heavy atom. The minimum Gasteiger partial charge on any atom is -0.459 e. The quantitative estimate of drug-likeness (QED) is 0.568. The molecule has 180 valence electrons. The lowest BCUT2D eigenvalue weighted by atomic mass is 10.0. The molecule has 0 spiro atoms. The summed E-state index contributed by atoms with van der Waals surface area (Å²) in [5, 5.41) is 6.64. The van der Waals surface area contributed by atoms with Gasteiger partial charge in [0.15, 0.2) is 5.76 Å². The molecule has 10 nitrogen and oxygen atoms in total. The second-order valence-electron chi connectivity index (χ2n) is 8.02. The number of furan rings is 1. The molecule has 0 aliphatic carbocycles. The summed E-state index contributed by atoms with van der Waals surface area (Å²) in [6, 6.07) is 8.32. The van der Waals surface area contributed by atoms with Crippen molar-refractivity contribution in [1.29, 1.82) is 0 Å². The minimum absolute atomic E-state index is 0.160. The van der Waals surface area contributed by atoms with Gasteiger partial charge in [-0.2, -0.15) is 4.31 Å². The Kier molecular flexibility index (Phi) is 6.58. The molecule has 4 rings (SSSR count). The van der Waals surface area contributed by atoms with Crippen LogP contribution in [0.1, 0.15) is 35.7 Å². The summed E-state index contributed by atoms with van der Waals surface area (Å²) in [5.74, 6) is -0.163. The number of rotatable bonds is 6. The number of nitrogens with one attached hydrogen (secondary N) is 1. The van der Waals surface area contributed by atoms with E-state index in [1.807, 2.05) is 6.92 Å². The third-order valence-corrected chi connectivity index (χ3v) is 7.78. The molecule has 11 heteroatoms. The Morgan fingerprint density at radius 2 is 1.88 bits per heavy atom. The van der Waals surface area contributed by atoms with E-state index in [2.05, 4.69) is 10.5 Å². The van der Waals surface area contributed by atoms with Crippen molar-refractivity contribution in [3.63, 3.8) is 0 Å². The highest BCUT2D eigenvalue weighted by Crippen LogP contribution is 2.35. The Bertz CT molecular complexity index is 1310. The van der Waals surface area contributed by atoms with Crippen LogP contribution in [-0.2, 0) is 21.2 Å². The number of aryl methyl sites for hydroxylation is 2. The number of carbonyl (C=O) groups is 2. The van der Waals surface area contributed by atoms with Gasteiger partial charge in [0, 0.05) is 33.1 Å². The highest BCUT2D eigenvalue weighted by Gasteiger charge is 2.32. The molecule has 0 unspecified atom stereocenters. The van der Waals surface area contributed by atoms with Crippen LogP contribution in [0.3, 0.4) is 0 Å². The monoisotopic (exact) mass is 486 g/mol. The number of hydrogen-bond acceptors (Lipinski definition) is 7. The van der Waals surface area contributed by atoms with Crippen LogP contribution >= 0.6 is 0 Å². The molecule has 2 aromatic heterocycles. The van der Waals surface area contributed by atoms with E-state index in [4.69, 9.17) is 8.94 Å². The number of carbonyl (C=O) groups excluding carboxylic acids is 2. The van der Waals surface area contributed by atoms with Gasteiger partial charge in [-0.3, -0.25) is 14.9 Å². The number of benzene rings is 1. The standard InChI is InChI=1S/C23H26N4O6S/c1-4-18-21(22(33-25-18)24-16(3)28)17-8-7-15(2)20(14-17)34(30,31)27-11-9-26(10-12-27)23(29)19-6-5-13-32-19/h5-8,13-14H,4,9-12H2,1-3H3,(H,24,28). The highest BCUT2D eigenvalue weighted by atomic mass is 32.2. The fourth-order valence-electron chi connectivity index (χ4n) is 3.97. The van der Waals surface area contributed by atoms with Gasteiger partial charge < -0.3 is 13.8 Å². The summed E-state index contributed by atoms with van der Waals surface area (Å²) < 4.78 is 38.9. The molecule has 0 saturated carbocycles. The van der Waals surface area contributed by atoms with Crippen molar-refractivity contribution in [3.05, 3.63) is 53.6 Å². The Hall–Kier alpha value is -3.44. The van der Waals surface area contributed by atoms with E-state index in [0.29, 0.717) is 28.8 Å². The van der Waals surface area contributed by atoms with Gasteiger partial charge >= 0.3 is 0 Å². The van der Waals surface area contributed by atoms with Gasteiger partial charge in [0.2, 0.25) is 21.8 Å². The van der Waals surface area contributed by atoms with Gasteiger partial charge in [-0.15, -0.1) is 0 Å². The summed E-state index contributed by atoms with van der Waals surface area (Å²) in [5.41, 5.74) is 2.34. The predicted molar refractivity (Wildman–Crippen MR) is 124 cm³/mol. The number of piperazine rings is 1. The van der Waals surface area contributed by atoms with Crippen LogP contribution in [0.15, 0.2) is 50.4 Å². The molecule has 0 radical (unpaired) electrons. The van der Waals surface area contributed by atoms with E-state index < -0.39 is 10.0 Å². The smallest absolute Gasteiger partial charge is 0.289 e. The lowest BCUT2D eigenvalue weighted by Gasteiger charge is -2.33. The molecule has 1 saturated heterocycles. The van der Waals surface area contributed by atoms with Crippen LogP contribution in [0.4, 0.5) is 5.88 Å². The van der Waals surface area contributed by atoms with Crippen molar-refractivity contribution in [3.8, 4) is 11.1 Å². The van der Waals surface area contributed by atoms with E-state index in [1.165, 1.54) is 17.5 Å². The van der Waals surface area contributed by atoms with Crippen molar-refractivity contribution in [1.82, 2.24) is 14.4 Å². The zero-order chi connectivity index (χ0) is 24.5. The summed E-state index contributed by atoms with van der Waals surface area (Å²) in [6.45, 7) is 5.85. The fourth-order valence-corrected chi connectivity index (χ4v) is 5.64. The van der Waals surface area contributed by atoms with Gasteiger partial charge in [-0.05, 0) is 42.7 Å². The SMILES string of the molecule is CCc1noc(NC(C)=O)c1-c1ccc(C)c(S(=O)(=O)N2CCN(C(=O)c3ccco3)CC2)c1. The maximum absolute atomic E-state index is 13.5. The van der Waals surface area contributed by atoms with Gasteiger partial charge in [-0.1, -0.05) is 24.2 Å². The van der Waals surface area contributed by atoms with Crippen LogP contribution in [0.2, 0.25) is 0 Å². The van der Waals surface area contributed by atoms with Gasteiger partial charge in [0.25, 0.3) is 5.91 Å². The maximum atomic E-state index is 13.5. The molecule has 1 fully saturated rings. The van der Waals surface area contributed by atoms with E-state index in [0.717, 1.165) is 0 Å². The number of sulfonamides is 1. The zero-order valence-electron chi connectivity index (χ0n) is 19.2.